The van der Waals surface area contributed by atoms with Crippen molar-refractivity contribution in [2.45, 2.75) is 37.7 Å². The van der Waals surface area contributed by atoms with Crippen LogP contribution in [0.3, 0.4) is 0 Å². The Morgan fingerprint density at radius 3 is 2.29 bits per heavy atom. The van der Waals surface area contributed by atoms with Gasteiger partial charge >= 0.3 is 12.4 Å². The normalized spacial score (nSPS) is 14.8. The molecule has 0 bridgehead atoms. The number of hydrogen-bond donors (Lipinski definition) is 3. The largest absolute Gasteiger partial charge is 0.418 e. The molecule has 0 aliphatic rings. The van der Waals surface area contributed by atoms with Crippen molar-refractivity contribution in [2.75, 3.05) is 32.9 Å². The molecule has 1 amide bonds. The lowest BCUT2D eigenvalue weighted by molar-refractivity contribution is -0.249. The van der Waals surface area contributed by atoms with Crippen LogP contribution in [-0.4, -0.2) is 59.9 Å². The van der Waals surface area contributed by atoms with Crippen LogP contribution < -0.4 is 11.1 Å². The maximum Gasteiger partial charge on any atom is 0.418 e. The number of pyridine rings is 1. The number of carbonyl (C=O) groups is 1. The molecule has 1 aromatic rings. The number of rotatable bonds is 7. The minimum atomic E-state index is -5.02. The van der Waals surface area contributed by atoms with E-state index in [9.17, 15) is 36.2 Å². The summed E-state index contributed by atoms with van der Waals surface area (Å²) >= 11 is 0. The third-order valence-electron chi connectivity index (χ3n) is 3.87. The predicted molar refractivity (Wildman–Crippen MR) is 89.5 cm³/mol. The van der Waals surface area contributed by atoms with Crippen molar-refractivity contribution in [3.05, 3.63) is 23.0 Å². The minimum Gasteiger partial charge on any atom is -0.397 e. The molecule has 0 aliphatic heterocycles. The summed E-state index contributed by atoms with van der Waals surface area (Å²) in [7, 11) is 3.46. The summed E-state index contributed by atoms with van der Waals surface area (Å²) in [6.07, 6.45) is -9.59. The van der Waals surface area contributed by atoms with Gasteiger partial charge in [0.05, 0.1) is 23.5 Å². The van der Waals surface area contributed by atoms with E-state index >= 15 is 0 Å². The summed E-state index contributed by atoms with van der Waals surface area (Å²) in [5.41, 5.74) is -0.559. The van der Waals surface area contributed by atoms with E-state index in [2.05, 4.69) is 4.98 Å². The average Bonchev–Trinajstić information content (AvgIpc) is 2.51. The Labute approximate surface area is 157 Å². The molecular weight excluding hydrogens is 394 g/mol. The van der Waals surface area contributed by atoms with E-state index in [0.29, 0.717) is 26.0 Å². The van der Waals surface area contributed by atoms with E-state index in [1.165, 1.54) is 0 Å². The highest BCUT2D eigenvalue weighted by Crippen LogP contribution is 2.34. The molecule has 0 radical (unpaired) electrons. The molecule has 160 valence electrons. The van der Waals surface area contributed by atoms with Crippen LogP contribution in [0.2, 0.25) is 0 Å². The topological polar surface area (TPSA) is 91.5 Å². The Kier molecular flexibility index (Phi) is 7.29. The van der Waals surface area contributed by atoms with Crippen molar-refractivity contribution in [3.63, 3.8) is 0 Å². The molecular formula is C16H22F6N4O2. The number of aromatic nitrogens is 1. The van der Waals surface area contributed by atoms with Gasteiger partial charge in [-0.2, -0.15) is 26.3 Å². The molecule has 4 N–H and O–H groups in total. The van der Waals surface area contributed by atoms with Gasteiger partial charge in [-0.3, -0.25) is 4.79 Å². The van der Waals surface area contributed by atoms with Crippen LogP contribution >= 0.6 is 0 Å². The van der Waals surface area contributed by atoms with Gasteiger partial charge in [0, 0.05) is 0 Å². The van der Waals surface area contributed by atoms with Crippen LogP contribution in [0, 0.1) is 0 Å². The first-order valence-corrected chi connectivity index (χ1v) is 8.15. The Balaban J connectivity index is 3.13. The Hall–Kier alpha value is -2.08. The number of amides is 1. The first kappa shape index (κ1) is 24.0. The third kappa shape index (κ3) is 6.23. The number of hydrogen-bond acceptors (Lipinski definition) is 5. The monoisotopic (exact) mass is 416 g/mol. The van der Waals surface area contributed by atoms with Crippen molar-refractivity contribution in [2.24, 2.45) is 0 Å². The van der Waals surface area contributed by atoms with E-state index in [4.69, 9.17) is 5.73 Å². The van der Waals surface area contributed by atoms with Gasteiger partial charge in [-0.1, -0.05) is 0 Å². The van der Waals surface area contributed by atoms with Crippen molar-refractivity contribution in [1.82, 2.24) is 15.2 Å². The van der Waals surface area contributed by atoms with Crippen LogP contribution in [0.25, 0.3) is 0 Å². The first-order valence-electron chi connectivity index (χ1n) is 8.15. The zero-order valence-electron chi connectivity index (χ0n) is 15.5. The molecule has 0 saturated heterocycles. The number of aryl methyl sites for hydroxylation is 1. The number of anilines is 1. The number of aliphatic hydroxyl groups is 1. The number of carbonyl (C=O) groups excluding carboxylic acids is 1. The summed E-state index contributed by atoms with van der Waals surface area (Å²) in [4.78, 5) is 17.5. The second-order valence-electron chi connectivity index (χ2n) is 6.78. The molecule has 0 spiro atoms. The number of alkyl halides is 6. The molecule has 1 unspecified atom stereocenters. The maximum atomic E-state index is 13.2. The average molecular weight is 416 g/mol. The summed E-state index contributed by atoms with van der Waals surface area (Å²) in [6.45, 7) is -0.309. The van der Waals surface area contributed by atoms with Crippen LogP contribution in [0.4, 0.5) is 32.0 Å². The number of nitrogens with two attached hydrogens (primary N) is 1. The second-order valence-corrected chi connectivity index (χ2v) is 6.78. The van der Waals surface area contributed by atoms with Gasteiger partial charge in [0.25, 0.3) is 5.91 Å². The molecule has 1 atom stereocenters. The Morgan fingerprint density at radius 2 is 1.82 bits per heavy atom. The van der Waals surface area contributed by atoms with E-state index in [1.54, 1.807) is 24.3 Å². The smallest absolute Gasteiger partial charge is 0.397 e. The van der Waals surface area contributed by atoms with Gasteiger partial charge in [-0.25, -0.2) is 4.98 Å². The summed E-state index contributed by atoms with van der Waals surface area (Å²) in [6, 6.07) is 0.537. The second kappa shape index (κ2) is 8.52. The fraction of sp³-hybridized carbons (Fsp3) is 0.625. The Morgan fingerprint density at radius 1 is 1.25 bits per heavy atom. The minimum absolute atomic E-state index is 0.117. The summed E-state index contributed by atoms with van der Waals surface area (Å²) in [5.74, 6) is -1.22. The van der Waals surface area contributed by atoms with Gasteiger partial charge in [0.1, 0.15) is 0 Å². The van der Waals surface area contributed by atoms with Gasteiger partial charge in [0.15, 0.2) is 11.3 Å². The first-order chi connectivity index (χ1) is 12.6. The van der Waals surface area contributed by atoms with Gasteiger partial charge in [-0.15, -0.1) is 0 Å². The van der Waals surface area contributed by atoms with Gasteiger partial charge < -0.3 is 21.1 Å². The van der Waals surface area contributed by atoms with E-state index in [1.807, 2.05) is 0 Å². The molecule has 12 heteroatoms. The zero-order valence-corrected chi connectivity index (χ0v) is 15.5. The summed E-state index contributed by atoms with van der Waals surface area (Å²) < 4.78 is 77.6. The number of halogens is 6. The molecule has 1 aromatic heterocycles. The number of nitrogens with one attached hydrogen (secondary N) is 1. The highest BCUT2D eigenvalue weighted by atomic mass is 19.4. The number of nitrogen functional groups attached to an aromatic ring is 1. The van der Waals surface area contributed by atoms with Crippen molar-refractivity contribution in [3.8, 4) is 0 Å². The highest BCUT2D eigenvalue weighted by Gasteiger charge is 2.50. The van der Waals surface area contributed by atoms with Crippen molar-refractivity contribution < 1.29 is 36.2 Å². The standard InChI is InChI=1S/C16H22F6N4O2/c1-14(28,16(20,21)22)8-24-13(27)12-10(23)7-9(15(17,18)19)11(25-12)5-4-6-26(2)3/h7,28H,4-6,8,23H2,1-3H3,(H,24,27). The molecule has 0 aromatic carbocycles. The van der Waals surface area contributed by atoms with Crippen molar-refractivity contribution >= 4 is 11.6 Å². The fourth-order valence-electron chi connectivity index (χ4n) is 2.18. The van der Waals surface area contributed by atoms with Crippen molar-refractivity contribution in [1.29, 1.82) is 0 Å². The lowest BCUT2D eigenvalue weighted by Gasteiger charge is -2.26. The van der Waals surface area contributed by atoms with Crippen LogP contribution in [0.1, 0.15) is 35.1 Å². The number of nitrogens with zero attached hydrogens (tertiary/aromatic N) is 2. The van der Waals surface area contributed by atoms with Crippen LogP contribution in [0.15, 0.2) is 6.07 Å². The third-order valence-corrected chi connectivity index (χ3v) is 3.87. The highest BCUT2D eigenvalue weighted by molar-refractivity contribution is 5.97. The van der Waals surface area contributed by atoms with Gasteiger partial charge in [0.2, 0.25) is 0 Å². The van der Waals surface area contributed by atoms with Gasteiger partial charge in [-0.05, 0) is 46.5 Å². The molecule has 1 heterocycles. The van der Waals surface area contributed by atoms with Crippen LogP contribution in [-0.2, 0) is 12.6 Å². The quantitative estimate of drug-likeness (QED) is 0.593. The molecule has 28 heavy (non-hydrogen) atoms. The molecule has 1 rings (SSSR count). The summed E-state index contributed by atoms with van der Waals surface area (Å²) in [5, 5.41) is 11.2. The molecule has 0 aliphatic carbocycles. The van der Waals surface area contributed by atoms with E-state index in [0.717, 1.165) is 0 Å². The molecule has 0 saturated carbocycles. The lowest BCUT2D eigenvalue weighted by Crippen LogP contribution is -2.51. The Bertz CT molecular complexity index is 702. The SMILES string of the molecule is CN(C)CCCc1nc(C(=O)NCC(C)(O)C(F)(F)F)c(N)cc1C(F)(F)F. The fourth-order valence-corrected chi connectivity index (χ4v) is 2.18. The predicted octanol–water partition coefficient (Wildman–Crippen LogP) is 2.22. The maximum absolute atomic E-state index is 13.2. The molecule has 6 nitrogen and oxygen atoms in total. The van der Waals surface area contributed by atoms with Crippen LogP contribution in [0.5, 0.6) is 0 Å². The molecule has 0 fully saturated rings. The lowest BCUT2D eigenvalue weighted by atomic mass is 10.1. The zero-order chi connectivity index (χ0) is 21.9. The van der Waals surface area contributed by atoms with E-state index in [-0.39, 0.29) is 6.42 Å². The van der Waals surface area contributed by atoms with E-state index < -0.39 is 53.0 Å².